The first kappa shape index (κ1) is 20.3. The van der Waals surface area contributed by atoms with Gasteiger partial charge in [-0.3, -0.25) is 14.9 Å². The number of hydrogen-bond donors (Lipinski definition) is 1. The minimum absolute atomic E-state index is 0.0333. The summed E-state index contributed by atoms with van der Waals surface area (Å²) < 4.78 is 5.78. The van der Waals surface area contributed by atoms with Gasteiger partial charge < -0.3 is 9.84 Å². The van der Waals surface area contributed by atoms with E-state index < -0.39 is 22.7 Å². The molecule has 0 radical (unpaired) electrons. The van der Waals surface area contributed by atoms with E-state index in [1.807, 2.05) is 36.4 Å². The summed E-state index contributed by atoms with van der Waals surface area (Å²) in [5.41, 5.74) is 1.98. The Morgan fingerprint density at radius 3 is 2.72 bits per heavy atom. The Morgan fingerprint density at radius 2 is 1.97 bits per heavy atom. The summed E-state index contributed by atoms with van der Waals surface area (Å²) in [6.07, 6.45) is 0.198. The minimum Gasteiger partial charge on any atom is -0.871 e. The van der Waals surface area contributed by atoms with Gasteiger partial charge in [0.15, 0.2) is 6.10 Å². The summed E-state index contributed by atoms with van der Waals surface area (Å²) in [5.74, 6) is -0.459. The zero-order valence-electron chi connectivity index (χ0n) is 15.2. The predicted octanol–water partition coefficient (Wildman–Crippen LogP) is 3.50. The number of fused-ring (bicyclic) bond motifs is 1. The van der Waals surface area contributed by atoms with Crippen LogP contribution in [0.5, 0.6) is 11.5 Å². The van der Waals surface area contributed by atoms with E-state index in [2.05, 4.69) is 26.5 Å². The molecule has 0 spiro atoms. The summed E-state index contributed by atoms with van der Waals surface area (Å²) in [6, 6.07) is 15.3. The Bertz CT molecular complexity index is 1110. The second-order valence-corrected chi connectivity index (χ2v) is 6.93. The van der Waals surface area contributed by atoms with Crippen LogP contribution in [0.15, 0.2) is 64.2 Å². The summed E-state index contributed by atoms with van der Waals surface area (Å²) in [7, 11) is 0. The molecule has 3 aromatic carbocycles. The van der Waals surface area contributed by atoms with E-state index in [0.29, 0.717) is 5.75 Å². The van der Waals surface area contributed by atoms with Crippen LogP contribution in [0.25, 0.3) is 10.8 Å². The third-order valence-electron chi connectivity index (χ3n) is 4.07. The lowest BCUT2D eigenvalue weighted by atomic mass is 10.1. The van der Waals surface area contributed by atoms with Crippen LogP contribution in [0.2, 0.25) is 0 Å². The van der Waals surface area contributed by atoms with Gasteiger partial charge in [0.25, 0.3) is 11.6 Å². The number of nitro groups is 1. The molecule has 0 aliphatic heterocycles. The first-order valence-corrected chi connectivity index (χ1v) is 9.28. The average Bonchev–Trinajstić information content (AvgIpc) is 2.71. The van der Waals surface area contributed by atoms with Crippen LogP contribution in [-0.2, 0) is 4.79 Å². The van der Waals surface area contributed by atoms with Crippen LogP contribution in [-0.4, -0.2) is 23.1 Å². The molecule has 0 unspecified atom stereocenters. The number of ether oxygens (including phenoxy) is 1. The Morgan fingerprint density at radius 1 is 1.24 bits per heavy atom. The van der Waals surface area contributed by atoms with Gasteiger partial charge in [0.05, 0.1) is 11.1 Å². The molecule has 0 heterocycles. The lowest BCUT2D eigenvalue weighted by Gasteiger charge is -2.15. The van der Waals surface area contributed by atoms with Crippen LogP contribution in [0.4, 0.5) is 5.69 Å². The summed E-state index contributed by atoms with van der Waals surface area (Å²) in [5, 5.41) is 28.5. The third kappa shape index (κ3) is 4.69. The second kappa shape index (κ2) is 8.70. The molecule has 0 fully saturated rings. The number of non-ortho nitro benzene ring substituents is 1. The Balaban J connectivity index is 1.70. The third-order valence-corrected chi connectivity index (χ3v) is 4.66. The highest BCUT2D eigenvalue weighted by atomic mass is 79.9. The van der Waals surface area contributed by atoms with Gasteiger partial charge in [0.2, 0.25) is 0 Å². The van der Waals surface area contributed by atoms with Gasteiger partial charge in [-0.1, -0.05) is 58.1 Å². The molecule has 8 nitrogen and oxygen atoms in total. The van der Waals surface area contributed by atoms with Crippen molar-refractivity contribution in [2.45, 2.75) is 13.0 Å². The highest BCUT2D eigenvalue weighted by Gasteiger charge is 2.15. The molecular weight excluding hydrogens is 442 g/mol. The van der Waals surface area contributed by atoms with Crippen molar-refractivity contribution in [3.05, 3.63) is 74.7 Å². The van der Waals surface area contributed by atoms with Crippen LogP contribution in [0, 0.1) is 10.1 Å². The van der Waals surface area contributed by atoms with Crippen molar-refractivity contribution in [2.24, 2.45) is 5.10 Å². The number of amides is 1. The van der Waals surface area contributed by atoms with Crippen molar-refractivity contribution in [3.8, 4) is 11.5 Å². The lowest BCUT2D eigenvalue weighted by Crippen LogP contribution is -2.33. The molecule has 148 valence electrons. The minimum atomic E-state index is -0.860. The van der Waals surface area contributed by atoms with Gasteiger partial charge in [0.1, 0.15) is 5.75 Å². The Labute approximate surface area is 174 Å². The Hall–Kier alpha value is -3.46. The van der Waals surface area contributed by atoms with Crippen LogP contribution >= 0.6 is 15.9 Å². The molecule has 1 N–H and O–H groups in total. The fourth-order valence-corrected chi connectivity index (χ4v) is 3.06. The number of nitrogens with zero attached hydrogens (tertiary/aromatic N) is 2. The SMILES string of the molecule is C[C@@H](Oc1cccc2ccccc12)C(=O)N/N=C\c1cc([N+](=O)[O-])cc(Br)c1[O-]. The number of hydrazone groups is 1. The van der Waals surface area contributed by atoms with Gasteiger partial charge in [-0.05, 0) is 23.9 Å². The number of benzene rings is 3. The Kier molecular flexibility index (Phi) is 6.08. The summed E-state index contributed by atoms with van der Waals surface area (Å²) in [6.45, 7) is 1.57. The fourth-order valence-electron chi connectivity index (χ4n) is 2.60. The molecule has 29 heavy (non-hydrogen) atoms. The molecule has 9 heteroatoms. The van der Waals surface area contributed by atoms with Crippen molar-refractivity contribution < 1.29 is 19.6 Å². The first-order chi connectivity index (χ1) is 13.9. The van der Waals surface area contributed by atoms with E-state index in [-0.39, 0.29) is 15.7 Å². The van der Waals surface area contributed by atoms with Crippen LogP contribution in [0.3, 0.4) is 0 Å². The molecule has 0 bridgehead atoms. The maximum Gasteiger partial charge on any atom is 0.280 e. The molecule has 0 saturated carbocycles. The number of hydrogen-bond acceptors (Lipinski definition) is 6. The van der Waals surface area contributed by atoms with Gasteiger partial charge in [-0.2, -0.15) is 5.10 Å². The number of carbonyl (C=O) groups is 1. The molecule has 1 amide bonds. The van der Waals surface area contributed by atoms with Crippen LogP contribution < -0.4 is 15.3 Å². The molecule has 0 aromatic heterocycles. The smallest absolute Gasteiger partial charge is 0.280 e. The molecule has 0 aliphatic carbocycles. The van der Waals surface area contributed by atoms with Crippen molar-refractivity contribution in [1.82, 2.24) is 5.43 Å². The largest absolute Gasteiger partial charge is 0.871 e. The van der Waals surface area contributed by atoms with E-state index in [1.165, 1.54) is 0 Å². The summed E-state index contributed by atoms with van der Waals surface area (Å²) >= 11 is 2.98. The predicted molar refractivity (Wildman–Crippen MR) is 110 cm³/mol. The lowest BCUT2D eigenvalue weighted by molar-refractivity contribution is -0.385. The van der Waals surface area contributed by atoms with Gasteiger partial charge in [0, 0.05) is 22.0 Å². The number of nitro benzene ring substituents is 1. The van der Waals surface area contributed by atoms with Crippen molar-refractivity contribution in [1.29, 1.82) is 0 Å². The van der Waals surface area contributed by atoms with Gasteiger partial charge in [-0.25, -0.2) is 5.43 Å². The van der Waals surface area contributed by atoms with Gasteiger partial charge in [-0.15, -0.1) is 0 Å². The standard InChI is InChI=1S/C20H16BrN3O5/c1-12(29-18-8-4-6-13-5-2-3-7-16(13)18)20(26)23-22-11-14-9-15(24(27)28)10-17(21)19(14)25/h2-12,25H,1H3,(H,23,26)/p-1/b22-11-/t12-/m1/s1. The monoisotopic (exact) mass is 456 g/mol. The molecule has 0 aliphatic rings. The number of carbonyl (C=O) groups excluding carboxylic acids is 1. The zero-order valence-corrected chi connectivity index (χ0v) is 16.8. The second-order valence-electron chi connectivity index (χ2n) is 6.07. The number of rotatable bonds is 6. The maximum atomic E-state index is 12.3. The van der Waals surface area contributed by atoms with Crippen molar-refractivity contribution >= 4 is 44.5 Å². The van der Waals surface area contributed by atoms with E-state index in [1.54, 1.807) is 13.0 Å². The molecule has 1 atom stereocenters. The molecule has 0 saturated heterocycles. The first-order valence-electron chi connectivity index (χ1n) is 8.49. The zero-order chi connectivity index (χ0) is 21.0. The number of halogens is 1. The molecule has 3 rings (SSSR count). The van der Waals surface area contributed by atoms with E-state index in [9.17, 15) is 20.0 Å². The normalized spacial score (nSPS) is 12.1. The summed E-state index contributed by atoms with van der Waals surface area (Å²) in [4.78, 5) is 22.5. The van der Waals surface area contributed by atoms with E-state index >= 15 is 0 Å². The van der Waals surface area contributed by atoms with Gasteiger partial charge >= 0.3 is 0 Å². The highest BCUT2D eigenvalue weighted by molar-refractivity contribution is 9.10. The topological polar surface area (TPSA) is 117 Å². The highest BCUT2D eigenvalue weighted by Crippen LogP contribution is 2.29. The van der Waals surface area contributed by atoms with Crippen LogP contribution in [0.1, 0.15) is 12.5 Å². The van der Waals surface area contributed by atoms with Crippen molar-refractivity contribution in [2.75, 3.05) is 0 Å². The van der Waals surface area contributed by atoms with Crippen molar-refractivity contribution in [3.63, 3.8) is 0 Å². The van der Waals surface area contributed by atoms with E-state index in [4.69, 9.17) is 4.74 Å². The fraction of sp³-hybridized carbons (Fsp3) is 0.100. The maximum absolute atomic E-state index is 12.3. The quantitative estimate of drug-likeness (QED) is 0.346. The molecular formula is C20H15BrN3O5-. The van der Waals surface area contributed by atoms with E-state index in [0.717, 1.165) is 29.1 Å². The average molecular weight is 457 g/mol. The number of nitrogens with one attached hydrogen (secondary N) is 1. The molecule has 3 aromatic rings.